The van der Waals surface area contributed by atoms with Gasteiger partial charge in [0.15, 0.2) is 11.5 Å². The topological polar surface area (TPSA) is 131 Å². The predicted octanol–water partition coefficient (Wildman–Crippen LogP) is 6.70. The largest absolute Gasteiger partial charge is 0.476 e. The first-order valence-electron chi connectivity index (χ1n) is 13.5. The van der Waals surface area contributed by atoms with Crippen LogP contribution in [0.1, 0.15) is 45.7 Å². The van der Waals surface area contributed by atoms with Crippen LogP contribution >= 0.6 is 11.3 Å². The Morgan fingerprint density at radius 1 is 1.07 bits per heavy atom. The van der Waals surface area contributed by atoms with Gasteiger partial charge in [0.1, 0.15) is 5.82 Å². The van der Waals surface area contributed by atoms with E-state index < -0.39 is 32.9 Å². The van der Waals surface area contributed by atoms with Gasteiger partial charge in [-0.05, 0) is 71.7 Å². The van der Waals surface area contributed by atoms with Crippen LogP contribution in [0.15, 0.2) is 70.9 Å². The van der Waals surface area contributed by atoms with Crippen LogP contribution in [0.2, 0.25) is 0 Å². The number of rotatable bonds is 9. The van der Waals surface area contributed by atoms with Gasteiger partial charge in [0.2, 0.25) is 10.0 Å². The van der Waals surface area contributed by atoms with E-state index in [0.717, 1.165) is 41.0 Å². The van der Waals surface area contributed by atoms with Crippen LogP contribution in [-0.4, -0.2) is 30.4 Å². The number of aromatic nitrogens is 3. The summed E-state index contributed by atoms with van der Waals surface area (Å²) < 4.78 is 53.3. The number of carbonyl (C=O) groups is 1. The minimum absolute atomic E-state index is 0.105. The number of hydrogen-bond acceptors (Lipinski definition) is 5. The molecule has 1 atom stereocenters. The predicted molar refractivity (Wildman–Crippen MR) is 161 cm³/mol. The molecule has 2 aromatic heterocycles. The van der Waals surface area contributed by atoms with E-state index in [1.807, 2.05) is 31.2 Å². The van der Waals surface area contributed by atoms with Crippen molar-refractivity contribution >= 4 is 27.7 Å². The molecule has 1 fully saturated rings. The molecule has 43 heavy (non-hydrogen) atoms. The Morgan fingerprint density at radius 3 is 2.42 bits per heavy atom. The van der Waals surface area contributed by atoms with Crippen molar-refractivity contribution in [3.05, 3.63) is 106 Å². The second-order valence-corrected chi connectivity index (χ2v) is 13.1. The Kier molecular flexibility index (Phi) is 7.55. The Labute approximate surface area is 251 Å². The average molecular weight is 622 g/mol. The van der Waals surface area contributed by atoms with E-state index in [0.29, 0.717) is 45.4 Å². The maximum atomic E-state index is 15.1. The minimum atomic E-state index is -4.00. The van der Waals surface area contributed by atoms with E-state index in [1.165, 1.54) is 29.6 Å². The van der Waals surface area contributed by atoms with Crippen molar-refractivity contribution < 1.29 is 27.4 Å². The maximum absolute atomic E-state index is 15.1. The average Bonchev–Trinajstić information content (AvgIpc) is 3.51. The molecule has 0 aliphatic heterocycles. The first kappa shape index (κ1) is 29.0. The minimum Gasteiger partial charge on any atom is -0.476 e. The molecule has 0 saturated heterocycles. The van der Waals surface area contributed by atoms with Gasteiger partial charge in [-0.2, -0.15) is 9.65 Å². The molecule has 3 aromatic carbocycles. The van der Waals surface area contributed by atoms with Gasteiger partial charge in [0.05, 0.1) is 11.4 Å². The summed E-state index contributed by atoms with van der Waals surface area (Å²) in [6.07, 6.45) is 2.87. The number of nitrogens with zero attached hydrogens (tertiary/aromatic N) is 3. The smallest absolute Gasteiger partial charge is 0.355 e. The van der Waals surface area contributed by atoms with Gasteiger partial charge in [-0.3, -0.25) is 0 Å². The summed E-state index contributed by atoms with van der Waals surface area (Å²) in [5.74, 6) is -2.06. The summed E-state index contributed by atoms with van der Waals surface area (Å²) >= 11 is 1.14. The van der Waals surface area contributed by atoms with E-state index in [4.69, 9.17) is 10.2 Å². The lowest BCUT2D eigenvalue weighted by Crippen LogP contribution is -2.22. The summed E-state index contributed by atoms with van der Waals surface area (Å²) in [4.78, 5) is 15.4. The van der Waals surface area contributed by atoms with Crippen molar-refractivity contribution in [2.45, 2.75) is 37.5 Å². The molecule has 0 spiro atoms. The lowest BCUT2D eigenvalue weighted by Gasteiger charge is -2.10. The third-order valence-corrected chi connectivity index (χ3v) is 9.23. The van der Waals surface area contributed by atoms with E-state index in [2.05, 4.69) is 4.98 Å². The van der Waals surface area contributed by atoms with Crippen LogP contribution < -0.4 is 5.14 Å². The van der Waals surface area contributed by atoms with Crippen molar-refractivity contribution in [3.8, 4) is 27.5 Å². The zero-order valence-electron chi connectivity index (χ0n) is 23.0. The maximum Gasteiger partial charge on any atom is 0.355 e. The number of aryl methyl sites for hydroxylation is 1. The van der Waals surface area contributed by atoms with Gasteiger partial charge in [-0.25, -0.2) is 23.2 Å². The normalized spacial score (nSPS) is 14.5. The SMILES string of the molecule is Cc1ccc(-c2cc(-c3nn(-c4nc(C(=O)O)cs4)c(CC4CC4)c3Cc3ccc([S+](N)(=O)O)c(F)c3)ccc2F)cc1. The third kappa shape index (κ3) is 6.04. The molecule has 5 aromatic rings. The van der Waals surface area contributed by atoms with Gasteiger partial charge < -0.3 is 5.11 Å². The zero-order chi connectivity index (χ0) is 30.5. The van der Waals surface area contributed by atoms with Gasteiger partial charge >= 0.3 is 16.4 Å². The molecule has 1 aliphatic carbocycles. The molecule has 8 nitrogen and oxygen atoms in total. The molecule has 4 N–H and O–H groups in total. The molecule has 1 aliphatic rings. The highest BCUT2D eigenvalue weighted by Gasteiger charge is 2.31. The lowest BCUT2D eigenvalue weighted by molar-refractivity contribution is 0.0691. The zero-order valence-corrected chi connectivity index (χ0v) is 24.6. The van der Waals surface area contributed by atoms with Crippen molar-refractivity contribution in [1.29, 1.82) is 0 Å². The second kappa shape index (κ2) is 11.2. The van der Waals surface area contributed by atoms with Crippen LogP contribution in [0.3, 0.4) is 0 Å². The summed E-state index contributed by atoms with van der Waals surface area (Å²) in [6.45, 7) is 1.95. The first-order valence-corrected chi connectivity index (χ1v) is 15.9. The van der Waals surface area contributed by atoms with Crippen molar-refractivity contribution in [2.24, 2.45) is 11.1 Å². The van der Waals surface area contributed by atoms with Crippen LogP contribution in [0, 0.1) is 24.5 Å². The number of carboxylic acids is 1. The summed E-state index contributed by atoms with van der Waals surface area (Å²) in [5, 5.41) is 21.5. The fourth-order valence-electron chi connectivity index (χ4n) is 5.05. The van der Waals surface area contributed by atoms with Crippen LogP contribution in [0.25, 0.3) is 27.5 Å². The monoisotopic (exact) mass is 621 g/mol. The number of halogens is 2. The fraction of sp³-hybridized carbons (Fsp3) is 0.194. The van der Waals surface area contributed by atoms with Gasteiger partial charge in [0, 0.05) is 34.6 Å². The highest BCUT2D eigenvalue weighted by Crippen LogP contribution is 2.39. The number of hydrogen-bond donors (Lipinski definition) is 3. The standard InChI is InChI=1S/C31H26F2N4O4S2/c1-17-2-7-20(8-3-17)22-15-21(9-10-24(22)32)29-23(12-19-6-11-28(25(33)13-19)43(34,40)41)27(14-18-4-5-18)37(36-29)31-35-26(16-42-31)30(38)39/h2-3,6-11,13,15-16,18H,4-5,12,14H2,1H3,(H3-,34,38,39,40,41)/p+1. The Hall–Kier alpha value is -4.10. The molecular formula is C31H27F2N4O4S2+. The van der Waals surface area contributed by atoms with Crippen LogP contribution in [-0.2, 0) is 27.5 Å². The Bertz CT molecular complexity index is 1910. The van der Waals surface area contributed by atoms with Crippen LogP contribution in [0.5, 0.6) is 0 Å². The third-order valence-electron chi connectivity index (χ3n) is 7.46. The van der Waals surface area contributed by atoms with Crippen LogP contribution in [0.4, 0.5) is 8.78 Å². The number of carboxylic acid groups (broad SMARTS) is 1. The highest BCUT2D eigenvalue weighted by atomic mass is 32.3. The molecule has 2 heterocycles. The molecule has 12 heteroatoms. The summed E-state index contributed by atoms with van der Waals surface area (Å²) in [5.41, 5.74) is 5.20. The van der Waals surface area contributed by atoms with Gasteiger partial charge in [-0.1, -0.05) is 35.9 Å². The number of benzene rings is 3. The Morgan fingerprint density at radius 2 is 1.79 bits per heavy atom. The molecule has 1 unspecified atom stereocenters. The van der Waals surface area contributed by atoms with E-state index in [9.17, 15) is 23.1 Å². The van der Waals surface area contributed by atoms with Crippen molar-refractivity contribution in [1.82, 2.24) is 14.8 Å². The number of nitrogens with two attached hydrogens (primary N) is 1. The van der Waals surface area contributed by atoms with Gasteiger partial charge in [-0.15, -0.1) is 16.5 Å². The van der Waals surface area contributed by atoms with E-state index in [1.54, 1.807) is 16.8 Å². The molecule has 220 valence electrons. The summed E-state index contributed by atoms with van der Waals surface area (Å²) in [6, 6.07) is 16.2. The highest BCUT2D eigenvalue weighted by molar-refractivity contribution is 7.95. The molecule has 0 bridgehead atoms. The fourth-order valence-corrected chi connectivity index (χ4v) is 6.42. The van der Waals surface area contributed by atoms with Crippen molar-refractivity contribution in [3.63, 3.8) is 0 Å². The molecule has 0 radical (unpaired) electrons. The van der Waals surface area contributed by atoms with E-state index >= 15 is 4.39 Å². The Balaban J connectivity index is 1.54. The molecule has 1 saturated carbocycles. The summed E-state index contributed by atoms with van der Waals surface area (Å²) in [7, 11) is -4.00. The molecular weight excluding hydrogens is 594 g/mol. The second-order valence-electron chi connectivity index (χ2n) is 10.7. The van der Waals surface area contributed by atoms with Gasteiger partial charge in [0.25, 0.3) is 0 Å². The van der Waals surface area contributed by atoms with E-state index in [-0.39, 0.29) is 12.1 Å². The number of aromatic carboxylic acids is 1. The lowest BCUT2D eigenvalue weighted by atomic mass is 9.94. The molecule has 0 amide bonds. The first-order chi connectivity index (χ1) is 20.5. The quantitative estimate of drug-likeness (QED) is 0.157. The molecule has 6 rings (SSSR count). The number of thiazole rings is 1. The van der Waals surface area contributed by atoms with Crippen molar-refractivity contribution in [2.75, 3.05) is 0 Å².